The highest BCUT2D eigenvalue weighted by atomic mass is 16.5. The summed E-state index contributed by atoms with van der Waals surface area (Å²) >= 11 is 0. The average molecular weight is 415 g/mol. The number of carbonyl (C=O) groups excluding carboxylic acids is 2. The van der Waals surface area contributed by atoms with Crippen molar-refractivity contribution in [3.8, 4) is 0 Å². The molecular weight excluding hydrogens is 393 g/mol. The van der Waals surface area contributed by atoms with Crippen molar-refractivity contribution in [1.82, 2.24) is 5.32 Å². The van der Waals surface area contributed by atoms with Crippen molar-refractivity contribution in [2.24, 2.45) is 0 Å². The second-order valence-corrected chi connectivity index (χ2v) is 7.39. The lowest BCUT2D eigenvalue weighted by Crippen LogP contribution is -2.43. The largest absolute Gasteiger partial charge is 0.491 e. The Labute approximate surface area is 181 Å². The lowest BCUT2D eigenvalue weighted by Gasteiger charge is -2.18. The first kappa shape index (κ1) is 20.8. The van der Waals surface area contributed by atoms with Gasteiger partial charge >= 0.3 is 13.1 Å². The minimum absolute atomic E-state index is 0.128. The zero-order valence-electron chi connectivity index (χ0n) is 16.9. The molecule has 6 nitrogen and oxygen atoms in total. The Kier molecular flexibility index (Phi) is 6.45. The van der Waals surface area contributed by atoms with Crippen LogP contribution in [-0.4, -0.2) is 30.1 Å². The fourth-order valence-electron chi connectivity index (χ4n) is 3.47. The molecule has 0 saturated heterocycles. The number of benzene rings is 3. The molecule has 2 N–H and O–H groups in total. The van der Waals surface area contributed by atoms with Crippen LogP contribution >= 0.6 is 0 Å². The van der Waals surface area contributed by atoms with Gasteiger partial charge in [-0.25, -0.2) is 4.79 Å². The maximum absolute atomic E-state index is 12.9. The van der Waals surface area contributed by atoms with E-state index < -0.39 is 25.0 Å². The van der Waals surface area contributed by atoms with Crippen LogP contribution in [0.3, 0.4) is 0 Å². The molecule has 7 heteroatoms. The lowest BCUT2D eigenvalue weighted by molar-refractivity contribution is -0.147. The third-order valence-electron chi connectivity index (χ3n) is 5.17. The second kappa shape index (κ2) is 9.60. The van der Waals surface area contributed by atoms with Gasteiger partial charge in [0.15, 0.2) is 0 Å². The standard InChI is InChI=1S/C24H22BNO5/c27-23(19-11-12-20-16-31-25(29)21(20)14-19)26-22(13-17-7-3-1-4-8-17)24(28)30-15-18-9-5-2-6-10-18/h1-12,14,22,29H,13,15-16H2,(H,26,27)/t22-/m0/s1. The Bertz CT molecular complexity index is 1060. The van der Waals surface area contributed by atoms with E-state index in [4.69, 9.17) is 9.39 Å². The van der Waals surface area contributed by atoms with Gasteiger partial charge in [0, 0.05) is 12.0 Å². The van der Waals surface area contributed by atoms with E-state index in [2.05, 4.69) is 5.32 Å². The van der Waals surface area contributed by atoms with Crippen molar-refractivity contribution >= 4 is 24.5 Å². The van der Waals surface area contributed by atoms with Crippen LogP contribution in [0.15, 0.2) is 78.9 Å². The first-order chi connectivity index (χ1) is 15.1. The highest BCUT2D eigenvalue weighted by Gasteiger charge is 2.29. The number of carbonyl (C=O) groups is 2. The topological polar surface area (TPSA) is 84.9 Å². The fourth-order valence-corrected chi connectivity index (χ4v) is 3.47. The van der Waals surface area contributed by atoms with Crippen LogP contribution in [-0.2, 0) is 33.8 Å². The van der Waals surface area contributed by atoms with Gasteiger partial charge in [-0.1, -0.05) is 66.7 Å². The zero-order valence-corrected chi connectivity index (χ0v) is 16.9. The van der Waals surface area contributed by atoms with E-state index in [9.17, 15) is 14.6 Å². The normalized spacial score (nSPS) is 13.4. The van der Waals surface area contributed by atoms with Gasteiger partial charge in [-0.3, -0.25) is 4.79 Å². The number of nitrogens with one attached hydrogen (secondary N) is 1. The molecule has 0 saturated carbocycles. The molecule has 0 unspecified atom stereocenters. The molecule has 156 valence electrons. The summed E-state index contributed by atoms with van der Waals surface area (Å²) in [4.78, 5) is 25.7. The number of rotatable bonds is 7. The minimum atomic E-state index is -1.04. The van der Waals surface area contributed by atoms with Gasteiger partial charge in [0.25, 0.3) is 5.91 Å². The van der Waals surface area contributed by atoms with Gasteiger partial charge in [0.2, 0.25) is 0 Å². The summed E-state index contributed by atoms with van der Waals surface area (Å²) in [6, 6.07) is 23.0. The highest BCUT2D eigenvalue weighted by molar-refractivity contribution is 6.61. The summed E-state index contributed by atoms with van der Waals surface area (Å²) in [6.07, 6.45) is 0.302. The summed E-state index contributed by atoms with van der Waals surface area (Å²) < 4.78 is 10.7. The SMILES string of the molecule is O=C(N[C@@H](Cc1ccccc1)C(=O)OCc1ccccc1)c1ccc2c(c1)B(O)OC2. The first-order valence-corrected chi connectivity index (χ1v) is 10.1. The number of ether oxygens (including phenoxy) is 1. The molecule has 1 atom stereocenters. The zero-order chi connectivity index (χ0) is 21.6. The molecule has 4 rings (SSSR count). The van der Waals surface area contributed by atoms with Crippen LogP contribution < -0.4 is 10.8 Å². The van der Waals surface area contributed by atoms with Crippen LogP contribution in [0.5, 0.6) is 0 Å². The smallest absolute Gasteiger partial charge is 0.459 e. The van der Waals surface area contributed by atoms with Gasteiger partial charge in [0.05, 0.1) is 6.61 Å². The molecule has 1 aliphatic rings. The Morgan fingerprint density at radius 2 is 1.68 bits per heavy atom. The predicted octanol–water partition coefficient (Wildman–Crippen LogP) is 1.99. The number of hydrogen-bond donors (Lipinski definition) is 2. The van der Waals surface area contributed by atoms with E-state index in [1.165, 1.54) is 0 Å². The maximum atomic E-state index is 12.9. The van der Waals surface area contributed by atoms with Gasteiger partial charge in [-0.15, -0.1) is 0 Å². The Balaban J connectivity index is 1.49. The number of esters is 1. The van der Waals surface area contributed by atoms with Gasteiger partial charge in [-0.05, 0) is 34.3 Å². The minimum Gasteiger partial charge on any atom is -0.459 e. The lowest BCUT2D eigenvalue weighted by atomic mass is 9.78. The number of amides is 1. The molecule has 3 aromatic rings. The van der Waals surface area contributed by atoms with Crippen molar-refractivity contribution in [3.63, 3.8) is 0 Å². The summed E-state index contributed by atoms with van der Waals surface area (Å²) in [5.74, 6) is -0.926. The van der Waals surface area contributed by atoms with E-state index >= 15 is 0 Å². The van der Waals surface area contributed by atoms with Crippen molar-refractivity contribution in [2.75, 3.05) is 0 Å². The van der Waals surface area contributed by atoms with E-state index in [0.717, 1.165) is 16.7 Å². The molecular formula is C24H22BNO5. The van der Waals surface area contributed by atoms with Crippen molar-refractivity contribution < 1.29 is 24.0 Å². The van der Waals surface area contributed by atoms with E-state index in [1.807, 2.05) is 60.7 Å². The molecule has 1 aliphatic heterocycles. The predicted molar refractivity (Wildman–Crippen MR) is 116 cm³/mol. The monoisotopic (exact) mass is 415 g/mol. The van der Waals surface area contributed by atoms with Crippen molar-refractivity contribution in [2.45, 2.75) is 25.7 Å². The first-order valence-electron chi connectivity index (χ1n) is 10.1. The molecule has 1 heterocycles. The quantitative estimate of drug-likeness (QED) is 0.456. The summed E-state index contributed by atoms with van der Waals surface area (Å²) in [5, 5.41) is 12.7. The third-order valence-corrected chi connectivity index (χ3v) is 5.17. The van der Waals surface area contributed by atoms with Crippen LogP contribution in [0.25, 0.3) is 0 Å². The van der Waals surface area contributed by atoms with E-state index in [-0.39, 0.29) is 6.61 Å². The fraction of sp³-hybridized carbons (Fsp3) is 0.167. The Morgan fingerprint density at radius 3 is 2.39 bits per heavy atom. The molecule has 1 amide bonds. The van der Waals surface area contributed by atoms with Gasteiger partial charge in [0.1, 0.15) is 12.6 Å². The average Bonchev–Trinajstić information content (AvgIpc) is 3.18. The molecule has 0 fully saturated rings. The molecule has 3 aromatic carbocycles. The van der Waals surface area contributed by atoms with Crippen molar-refractivity contribution in [3.05, 3.63) is 101 Å². The van der Waals surface area contributed by atoms with Gasteiger partial charge < -0.3 is 19.7 Å². The molecule has 0 spiro atoms. The Morgan fingerprint density at radius 1 is 1.00 bits per heavy atom. The highest BCUT2D eigenvalue weighted by Crippen LogP contribution is 2.13. The number of hydrogen-bond acceptors (Lipinski definition) is 5. The molecule has 0 aromatic heterocycles. The maximum Gasteiger partial charge on any atom is 0.491 e. The summed E-state index contributed by atoms with van der Waals surface area (Å²) in [7, 11) is -1.04. The van der Waals surface area contributed by atoms with Crippen LogP contribution in [0.4, 0.5) is 0 Å². The Hall–Kier alpha value is -3.42. The molecule has 0 radical (unpaired) electrons. The third kappa shape index (κ3) is 5.20. The van der Waals surface area contributed by atoms with Crippen molar-refractivity contribution in [1.29, 1.82) is 0 Å². The molecule has 0 aliphatic carbocycles. The van der Waals surface area contributed by atoms with Gasteiger partial charge in [-0.2, -0.15) is 0 Å². The second-order valence-electron chi connectivity index (χ2n) is 7.39. The van der Waals surface area contributed by atoms with E-state index in [0.29, 0.717) is 24.1 Å². The number of fused-ring (bicyclic) bond motifs is 1. The van der Waals surface area contributed by atoms with Crippen LogP contribution in [0.1, 0.15) is 27.0 Å². The summed E-state index contributed by atoms with van der Waals surface area (Å²) in [6.45, 7) is 0.435. The molecule has 31 heavy (non-hydrogen) atoms. The summed E-state index contributed by atoms with van der Waals surface area (Å²) in [5.41, 5.74) is 3.53. The van der Waals surface area contributed by atoms with Crippen LogP contribution in [0, 0.1) is 0 Å². The van der Waals surface area contributed by atoms with E-state index in [1.54, 1.807) is 18.2 Å². The molecule has 0 bridgehead atoms. The van der Waals surface area contributed by atoms with Crippen LogP contribution in [0.2, 0.25) is 0 Å².